The fourth-order valence-corrected chi connectivity index (χ4v) is 3.55. The van der Waals surface area contributed by atoms with E-state index in [2.05, 4.69) is 21.1 Å². The van der Waals surface area contributed by atoms with Crippen LogP contribution < -0.4 is 5.32 Å². The van der Waals surface area contributed by atoms with E-state index in [-0.39, 0.29) is 11.9 Å². The predicted octanol–water partition coefficient (Wildman–Crippen LogP) is 1.63. The SMILES string of the molecule is C#Cc1cc2cnc(C(=O)N[C@@H]3C[C@@H]4CCN(C4)C3)cc2o1. The molecule has 4 rings (SSSR count). The zero-order chi connectivity index (χ0) is 15.1. The minimum absolute atomic E-state index is 0.145. The van der Waals surface area contributed by atoms with E-state index in [9.17, 15) is 4.79 Å². The lowest BCUT2D eigenvalue weighted by atomic mass is 9.97. The van der Waals surface area contributed by atoms with Gasteiger partial charge in [-0.2, -0.15) is 0 Å². The van der Waals surface area contributed by atoms with Crippen molar-refractivity contribution in [2.24, 2.45) is 5.92 Å². The maximum atomic E-state index is 12.4. The molecule has 0 saturated carbocycles. The monoisotopic (exact) mass is 295 g/mol. The molecule has 3 atom stereocenters. The number of rotatable bonds is 2. The van der Waals surface area contributed by atoms with E-state index >= 15 is 0 Å². The molecule has 0 spiro atoms. The molecular weight excluding hydrogens is 278 g/mol. The average Bonchev–Trinajstić information content (AvgIpc) is 3.09. The summed E-state index contributed by atoms with van der Waals surface area (Å²) in [7, 11) is 0. The fourth-order valence-electron chi connectivity index (χ4n) is 3.55. The molecule has 2 aliphatic rings. The van der Waals surface area contributed by atoms with Crippen molar-refractivity contribution in [3.05, 3.63) is 29.8 Å². The summed E-state index contributed by atoms with van der Waals surface area (Å²) in [6.07, 6.45) is 9.26. The summed E-state index contributed by atoms with van der Waals surface area (Å²) in [5, 5.41) is 3.91. The quantitative estimate of drug-likeness (QED) is 0.856. The normalized spacial score (nSPS) is 26.8. The Kier molecular flexibility index (Phi) is 3.12. The number of nitrogens with one attached hydrogen (secondary N) is 1. The van der Waals surface area contributed by atoms with Gasteiger partial charge in [0.25, 0.3) is 5.91 Å². The molecule has 1 unspecified atom stereocenters. The summed E-state index contributed by atoms with van der Waals surface area (Å²) < 4.78 is 5.48. The van der Waals surface area contributed by atoms with Crippen molar-refractivity contribution in [2.45, 2.75) is 18.9 Å². The van der Waals surface area contributed by atoms with Gasteiger partial charge in [-0.3, -0.25) is 9.78 Å². The second kappa shape index (κ2) is 5.15. The van der Waals surface area contributed by atoms with Crippen LogP contribution in [0.15, 0.2) is 22.7 Å². The van der Waals surface area contributed by atoms with E-state index in [1.165, 1.54) is 13.0 Å². The van der Waals surface area contributed by atoms with E-state index in [4.69, 9.17) is 10.8 Å². The molecule has 2 aliphatic heterocycles. The lowest BCUT2D eigenvalue weighted by molar-refractivity contribution is 0.0904. The zero-order valence-corrected chi connectivity index (χ0v) is 12.2. The van der Waals surface area contributed by atoms with Crippen LogP contribution in [0.1, 0.15) is 29.1 Å². The van der Waals surface area contributed by atoms with Gasteiger partial charge in [0.2, 0.25) is 0 Å². The molecule has 1 N–H and O–H groups in total. The number of carbonyl (C=O) groups is 1. The zero-order valence-electron chi connectivity index (χ0n) is 12.2. The van der Waals surface area contributed by atoms with Crippen LogP contribution in [0.5, 0.6) is 0 Å². The number of terminal acetylenes is 1. The van der Waals surface area contributed by atoms with Crippen LogP contribution in [0.3, 0.4) is 0 Å². The molecule has 5 nitrogen and oxygen atoms in total. The Morgan fingerprint density at radius 2 is 2.36 bits per heavy atom. The summed E-state index contributed by atoms with van der Waals surface area (Å²) >= 11 is 0. The lowest BCUT2D eigenvalue weighted by Gasteiger charge is -2.30. The Bertz CT molecular complexity index is 762. The average molecular weight is 295 g/mol. The third-order valence-electron chi connectivity index (χ3n) is 4.58. The molecule has 0 aromatic carbocycles. The number of furan rings is 1. The molecule has 0 radical (unpaired) electrons. The van der Waals surface area contributed by atoms with Gasteiger partial charge in [0, 0.05) is 42.8 Å². The first-order chi connectivity index (χ1) is 10.7. The molecule has 2 fully saturated rings. The first kappa shape index (κ1) is 13.4. The van der Waals surface area contributed by atoms with Crippen LogP contribution in [0.2, 0.25) is 0 Å². The van der Waals surface area contributed by atoms with E-state index in [0.717, 1.165) is 30.8 Å². The Morgan fingerprint density at radius 3 is 3.18 bits per heavy atom. The highest BCUT2D eigenvalue weighted by atomic mass is 16.3. The molecule has 0 aliphatic carbocycles. The van der Waals surface area contributed by atoms with Gasteiger partial charge in [-0.25, -0.2) is 0 Å². The molecule has 2 aromatic rings. The molecule has 1 amide bonds. The van der Waals surface area contributed by atoms with Crippen LogP contribution in [0.25, 0.3) is 11.0 Å². The van der Waals surface area contributed by atoms with Crippen molar-refractivity contribution >= 4 is 16.9 Å². The smallest absolute Gasteiger partial charge is 0.270 e. The van der Waals surface area contributed by atoms with Gasteiger partial charge < -0.3 is 14.6 Å². The minimum atomic E-state index is -0.145. The fraction of sp³-hybridized carbons (Fsp3) is 0.412. The van der Waals surface area contributed by atoms with E-state index in [1.807, 2.05) is 0 Å². The van der Waals surface area contributed by atoms with Gasteiger partial charge in [-0.1, -0.05) is 0 Å². The van der Waals surface area contributed by atoms with Crippen LogP contribution in [0, 0.1) is 18.3 Å². The summed E-state index contributed by atoms with van der Waals surface area (Å²) in [4.78, 5) is 19.0. The highest BCUT2D eigenvalue weighted by molar-refractivity contribution is 5.95. The van der Waals surface area contributed by atoms with Crippen molar-refractivity contribution in [1.29, 1.82) is 0 Å². The minimum Gasteiger partial charge on any atom is -0.448 e. The Balaban J connectivity index is 1.51. The van der Waals surface area contributed by atoms with Gasteiger partial charge in [0.15, 0.2) is 5.76 Å². The van der Waals surface area contributed by atoms with Crippen molar-refractivity contribution in [2.75, 3.05) is 19.6 Å². The number of amides is 1. The summed E-state index contributed by atoms with van der Waals surface area (Å²) in [5.74, 6) is 3.47. The number of carbonyl (C=O) groups excluding carboxylic acids is 1. The maximum absolute atomic E-state index is 12.4. The van der Waals surface area contributed by atoms with Gasteiger partial charge >= 0.3 is 0 Å². The predicted molar refractivity (Wildman–Crippen MR) is 82.4 cm³/mol. The second-order valence-electron chi connectivity index (χ2n) is 6.18. The standard InChI is InChI=1S/C17H17N3O2/c1-2-14-6-12-8-18-15(7-16(12)22-14)17(21)19-13-5-11-3-4-20(9-11)10-13/h1,6-8,11,13H,3-5,9-10H2,(H,19,21)/t11-,13+/m0/s1. The molecule has 4 heterocycles. The van der Waals surface area contributed by atoms with Gasteiger partial charge in [-0.15, -0.1) is 6.42 Å². The van der Waals surface area contributed by atoms with E-state index in [1.54, 1.807) is 18.3 Å². The van der Waals surface area contributed by atoms with Crippen LogP contribution in [0.4, 0.5) is 0 Å². The third-order valence-corrected chi connectivity index (χ3v) is 4.58. The van der Waals surface area contributed by atoms with Crippen molar-refractivity contribution in [1.82, 2.24) is 15.2 Å². The second-order valence-corrected chi connectivity index (χ2v) is 6.18. The summed E-state index contributed by atoms with van der Waals surface area (Å²) in [6, 6.07) is 3.61. The molecule has 2 saturated heterocycles. The highest BCUT2D eigenvalue weighted by Gasteiger charge is 2.33. The van der Waals surface area contributed by atoms with Crippen LogP contribution in [-0.2, 0) is 0 Å². The molecule has 5 heteroatoms. The third kappa shape index (κ3) is 2.36. The number of hydrogen-bond acceptors (Lipinski definition) is 4. The van der Waals surface area contributed by atoms with E-state index in [0.29, 0.717) is 17.0 Å². The van der Waals surface area contributed by atoms with Gasteiger partial charge in [-0.05, 0) is 31.2 Å². The van der Waals surface area contributed by atoms with Crippen molar-refractivity contribution in [3.8, 4) is 12.3 Å². The van der Waals surface area contributed by atoms with Crippen molar-refractivity contribution < 1.29 is 9.21 Å². The molecule has 22 heavy (non-hydrogen) atoms. The van der Waals surface area contributed by atoms with Gasteiger partial charge in [0.1, 0.15) is 11.3 Å². The summed E-state index contributed by atoms with van der Waals surface area (Å²) in [5.41, 5.74) is 0.971. The highest BCUT2D eigenvalue weighted by Crippen LogP contribution is 2.27. The number of aromatic nitrogens is 1. The Labute approximate surface area is 128 Å². The van der Waals surface area contributed by atoms with Crippen LogP contribution in [-0.4, -0.2) is 41.5 Å². The Hall–Kier alpha value is -2.32. The number of pyridine rings is 1. The first-order valence-electron chi connectivity index (χ1n) is 7.60. The largest absolute Gasteiger partial charge is 0.448 e. The molecular formula is C17H17N3O2. The molecule has 112 valence electrons. The summed E-state index contributed by atoms with van der Waals surface area (Å²) in [6.45, 7) is 3.27. The van der Waals surface area contributed by atoms with Crippen molar-refractivity contribution in [3.63, 3.8) is 0 Å². The Morgan fingerprint density at radius 1 is 1.45 bits per heavy atom. The maximum Gasteiger partial charge on any atom is 0.270 e. The van der Waals surface area contributed by atoms with Crippen LogP contribution >= 0.6 is 0 Å². The topological polar surface area (TPSA) is 58.4 Å². The number of hydrogen-bond donors (Lipinski definition) is 1. The first-order valence-corrected chi connectivity index (χ1v) is 7.60. The number of piperidine rings is 1. The molecule has 2 aromatic heterocycles. The number of nitrogens with zero attached hydrogens (tertiary/aromatic N) is 2. The lowest BCUT2D eigenvalue weighted by Crippen LogP contribution is -2.47. The van der Waals surface area contributed by atoms with Gasteiger partial charge in [0.05, 0.1) is 0 Å². The van der Waals surface area contributed by atoms with E-state index < -0.39 is 0 Å². The molecule has 2 bridgehead atoms. The number of fused-ring (bicyclic) bond motifs is 3.